The summed E-state index contributed by atoms with van der Waals surface area (Å²) in [6, 6.07) is 3.55. The first-order chi connectivity index (χ1) is 9.91. The van der Waals surface area contributed by atoms with E-state index < -0.39 is 17.7 Å². The molecule has 0 bridgehead atoms. The number of alkyl halides is 3. The third-order valence-corrected chi connectivity index (χ3v) is 3.40. The van der Waals surface area contributed by atoms with Crippen LogP contribution >= 0.6 is 0 Å². The number of carbonyl (C=O) groups is 1. The van der Waals surface area contributed by atoms with E-state index in [0.29, 0.717) is 11.3 Å². The molecule has 1 aliphatic rings. The van der Waals surface area contributed by atoms with Crippen molar-refractivity contribution in [1.82, 2.24) is 0 Å². The van der Waals surface area contributed by atoms with Crippen LogP contribution in [0.25, 0.3) is 6.08 Å². The SMILES string of the molecule is COC(=O)C=Cc1ccc(C(F)(F)F)cc1N1CCCC1. The lowest BCUT2D eigenvalue weighted by atomic mass is 10.1. The number of methoxy groups -OCH3 is 1. The topological polar surface area (TPSA) is 29.5 Å². The Balaban J connectivity index is 2.39. The predicted octanol–water partition coefficient (Wildman–Crippen LogP) is 3.49. The minimum Gasteiger partial charge on any atom is -0.466 e. The number of ether oxygens (including phenoxy) is 1. The van der Waals surface area contributed by atoms with Crippen LogP contribution in [-0.2, 0) is 15.7 Å². The van der Waals surface area contributed by atoms with Gasteiger partial charge in [-0.3, -0.25) is 0 Å². The van der Waals surface area contributed by atoms with Crippen molar-refractivity contribution in [3.8, 4) is 0 Å². The molecule has 1 heterocycles. The summed E-state index contributed by atoms with van der Waals surface area (Å²) < 4.78 is 43.0. The Morgan fingerprint density at radius 1 is 1.29 bits per heavy atom. The van der Waals surface area contributed by atoms with E-state index in [0.717, 1.165) is 38.1 Å². The largest absolute Gasteiger partial charge is 0.466 e. The van der Waals surface area contributed by atoms with Gasteiger partial charge in [0.25, 0.3) is 0 Å². The van der Waals surface area contributed by atoms with Crippen molar-refractivity contribution >= 4 is 17.7 Å². The van der Waals surface area contributed by atoms with Gasteiger partial charge in [-0.05, 0) is 36.6 Å². The molecule has 0 unspecified atom stereocenters. The molecule has 1 fully saturated rings. The van der Waals surface area contributed by atoms with Gasteiger partial charge in [-0.25, -0.2) is 4.79 Å². The van der Waals surface area contributed by atoms with Gasteiger partial charge >= 0.3 is 12.1 Å². The maximum absolute atomic E-state index is 12.8. The van der Waals surface area contributed by atoms with Crippen molar-refractivity contribution in [3.63, 3.8) is 0 Å². The summed E-state index contributed by atoms with van der Waals surface area (Å²) in [6.07, 6.45) is 0.230. The van der Waals surface area contributed by atoms with Gasteiger partial charge in [-0.1, -0.05) is 6.07 Å². The summed E-state index contributed by atoms with van der Waals surface area (Å²) in [5, 5.41) is 0. The standard InChI is InChI=1S/C15H16F3NO2/c1-21-14(20)7-5-11-4-6-12(15(16,17)18)10-13(11)19-8-2-3-9-19/h4-7,10H,2-3,8-9H2,1H3. The second-order valence-corrected chi connectivity index (χ2v) is 4.82. The van der Waals surface area contributed by atoms with Crippen LogP contribution in [0.4, 0.5) is 18.9 Å². The first kappa shape index (κ1) is 15.4. The molecular formula is C15H16F3NO2. The number of benzene rings is 1. The Kier molecular flexibility index (Phi) is 4.55. The normalized spacial score (nSPS) is 15.7. The Morgan fingerprint density at radius 3 is 2.52 bits per heavy atom. The molecule has 0 atom stereocenters. The smallest absolute Gasteiger partial charge is 0.416 e. The summed E-state index contributed by atoms with van der Waals surface area (Å²) in [6.45, 7) is 1.45. The van der Waals surface area contributed by atoms with E-state index in [1.807, 2.05) is 4.90 Å². The summed E-state index contributed by atoms with van der Waals surface area (Å²) in [5.74, 6) is -0.540. The highest BCUT2D eigenvalue weighted by Crippen LogP contribution is 2.35. The number of anilines is 1. The van der Waals surface area contributed by atoms with Crippen LogP contribution in [0.3, 0.4) is 0 Å². The molecule has 1 saturated heterocycles. The zero-order chi connectivity index (χ0) is 15.5. The van der Waals surface area contributed by atoms with Crippen LogP contribution in [0.5, 0.6) is 0 Å². The molecule has 0 radical (unpaired) electrons. The van der Waals surface area contributed by atoms with Crippen molar-refractivity contribution in [3.05, 3.63) is 35.4 Å². The molecule has 0 amide bonds. The van der Waals surface area contributed by atoms with Gasteiger partial charge in [0.05, 0.1) is 12.7 Å². The van der Waals surface area contributed by atoms with Crippen LogP contribution in [0.2, 0.25) is 0 Å². The molecule has 1 aromatic carbocycles. The van der Waals surface area contributed by atoms with Crippen molar-refractivity contribution in [1.29, 1.82) is 0 Å². The summed E-state index contributed by atoms with van der Waals surface area (Å²) >= 11 is 0. The van der Waals surface area contributed by atoms with Gasteiger partial charge < -0.3 is 9.64 Å². The average molecular weight is 299 g/mol. The van der Waals surface area contributed by atoms with Crippen molar-refractivity contribution in [2.45, 2.75) is 19.0 Å². The maximum atomic E-state index is 12.8. The van der Waals surface area contributed by atoms with Gasteiger partial charge in [-0.2, -0.15) is 13.2 Å². The Labute approximate surface area is 121 Å². The summed E-state index contributed by atoms with van der Waals surface area (Å²) in [4.78, 5) is 13.1. The number of carbonyl (C=O) groups excluding carboxylic acids is 1. The minimum absolute atomic E-state index is 0.502. The van der Waals surface area contributed by atoms with Crippen molar-refractivity contribution < 1.29 is 22.7 Å². The van der Waals surface area contributed by atoms with E-state index in [2.05, 4.69) is 4.74 Å². The Bertz CT molecular complexity index is 546. The van der Waals surface area contributed by atoms with E-state index in [1.54, 1.807) is 0 Å². The molecule has 2 rings (SSSR count). The first-order valence-electron chi connectivity index (χ1n) is 6.64. The molecule has 1 aliphatic heterocycles. The summed E-state index contributed by atoms with van der Waals surface area (Å²) in [7, 11) is 1.25. The fraction of sp³-hybridized carbons (Fsp3) is 0.400. The zero-order valence-electron chi connectivity index (χ0n) is 11.6. The fourth-order valence-electron chi connectivity index (χ4n) is 2.32. The third-order valence-electron chi connectivity index (χ3n) is 3.40. The van der Waals surface area contributed by atoms with Crippen LogP contribution in [0.1, 0.15) is 24.0 Å². The van der Waals surface area contributed by atoms with Gasteiger partial charge in [-0.15, -0.1) is 0 Å². The van der Waals surface area contributed by atoms with Crippen LogP contribution < -0.4 is 4.90 Å². The first-order valence-corrected chi connectivity index (χ1v) is 6.64. The second kappa shape index (κ2) is 6.20. The number of nitrogens with zero attached hydrogens (tertiary/aromatic N) is 1. The molecule has 114 valence electrons. The molecule has 21 heavy (non-hydrogen) atoms. The molecular weight excluding hydrogens is 283 g/mol. The number of halogens is 3. The van der Waals surface area contributed by atoms with Crippen LogP contribution in [0, 0.1) is 0 Å². The lowest BCUT2D eigenvalue weighted by Gasteiger charge is -2.21. The number of hydrogen-bond acceptors (Lipinski definition) is 3. The van der Waals surface area contributed by atoms with Gasteiger partial charge in [0, 0.05) is 24.9 Å². The molecule has 0 saturated carbocycles. The number of esters is 1. The number of hydrogen-bond donors (Lipinski definition) is 0. The van der Waals surface area contributed by atoms with E-state index in [4.69, 9.17) is 0 Å². The maximum Gasteiger partial charge on any atom is 0.416 e. The Hall–Kier alpha value is -1.98. The predicted molar refractivity (Wildman–Crippen MR) is 73.9 cm³/mol. The molecule has 0 N–H and O–H groups in total. The van der Waals surface area contributed by atoms with E-state index in [-0.39, 0.29) is 0 Å². The average Bonchev–Trinajstić information content (AvgIpc) is 2.97. The van der Waals surface area contributed by atoms with Gasteiger partial charge in [0.15, 0.2) is 0 Å². The zero-order valence-corrected chi connectivity index (χ0v) is 11.6. The highest BCUT2D eigenvalue weighted by molar-refractivity contribution is 5.88. The quantitative estimate of drug-likeness (QED) is 0.632. The molecule has 6 heteroatoms. The van der Waals surface area contributed by atoms with Crippen molar-refractivity contribution in [2.24, 2.45) is 0 Å². The lowest BCUT2D eigenvalue weighted by molar-refractivity contribution is -0.137. The fourth-order valence-corrected chi connectivity index (χ4v) is 2.32. The Morgan fingerprint density at radius 2 is 1.95 bits per heavy atom. The molecule has 0 aliphatic carbocycles. The van der Waals surface area contributed by atoms with Gasteiger partial charge in [0.2, 0.25) is 0 Å². The summed E-state index contributed by atoms with van der Waals surface area (Å²) in [5.41, 5.74) is 0.400. The third kappa shape index (κ3) is 3.77. The van der Waals surface area contributed by atoms with Gasteiger partial charge in [0.1, 0.15) is 0 Å². The number of rotatable bonds is 3. The van der Waals surface area contributed by atoms with E-state index in [9.17, 15) is 18.0 Å². The van der Waals surface area contributed by atoms with E-state index >= 15 is 0 Å². The van der Waals surface area contributed by atoms with Crippen LogP contribution in [-0.4, -0.2) is 26.2 Å². The minimum atomic E-state index is -4.38. The second-order valence-electron chi connectivity index (χ2n) is 4.82. The highest BCUT2D eigenvalue weighted by Gasteiger charge is 2.31. The molecule has 1 aromatic rings. The molecule has 0 aromatic heterocycles. The van der Waals surface area contributed by atoms with Crippen molar-refractivity contribution in [2.75, 3.05) is 25.1 Å². The molecule has 0 spiro atoms. The highest BCUT2D eigenvalue weighted by atomic mass is 19.4. The van der Waals surface area contributed by atoms with Crippen LogP contribution in [0.15, 0.2) is 24.3 Å². The molecule has 3 nitrogen and oxygen atoms in total. The lowest BCUT2D eigenvalue weighted by Crippen LogP contribution is -2.19. The monoisotopic (exact) mass is 299 g/mol. The van der Waals surface area contributed by atoms with E-state index in [1.165, 1.54) is 25.3 Å².